The number of nitrogens with zero attached hydrogens (tertiary/aromatic N) is 1. The van der Waals surface area contributed by atoms with Crippen LogP contribution in [0.15, 0.2) is 48.7 Å². The number of allylic oxidation sites excluding steroid dienone is 1. The zero-order valence-electron chi connectivity index (χ0n) is 11.5. The number of rotatable bonds is 5. The fraction of sp³-hybridized carbons (Fsp3) is 0. The lowest BCUT2D eigenvalue weighted by atomic mass is 10.1. The number of anilines is 1. The average Bonchev–Trinajstić information content (AvgIpc) is 2.51. The summed E-state index contributed by atoms with van der Waals surface area (Å²) in [6, 6.07) is 7.70. The molecule has 23 heavy (non-hydrogen) atoms. The van der Waals surface area contributed by atoms with Crippen LogP contribution < -0.4 is 10.4 Å². The molecule has 0 aromatic heterocycles. The van der Waals surface area contributed by atoms with Gasteiger partial charge in [0.25, 0.3) is 5.69 Å². The Morgan fingerprint density at radius 1 is 1.13 bits per heavy atom. The first kappa shape index (κ1) is 16.8. The number of non-ortho nitro benzene ring substituents is 1. The van der Waals surface area contributed by atoms with Gasteiger partial charge in [0, 0.05) is 35.7 Å². The summed E-state index contributed by atoms with van der Waals surface area (Å²) in [7, 11) is 0. The summed E-state index contributed by atoms with van der Waals surface area (Å²) in [6.45, 7) is 0. The number of benzene rings is 2. The third-order valence-corrected chi connectivity index (χ3v) is 3.59. The molecule has 0 spiro atoms. The second kappa shape index (κ2) is 7.13. The topological polar surface area (TPSA) is 95.3 Å². The van der Waals surface area contributed by atoms with Crippen LogP contribution in [-0.2, 0) is 0 Å². The molecule has 6 nitrogen and oxygen atoms in total. The van der Waals surface area contributed by atoms with E-state index in [-0.39, 0.29) is 22.2 Å². The van der Waals surface area contributed by atoms with Crippen LogP contribution in [0.2, 0.25) is 10.0 Å². The second-order valence-electron chi connectivity index (χ2n) is 4.41. The Kier molecular flexibility index (Phi) is 5.20. The molecule has 2 aromatic rings. The van der Waals surface area contributed by atoms with E-state index in [4.69, 9.17) is 23.2 Å². The van der Waals surface area contributed by atoms with Crippen molar-refractivity contribution in [2.75, 3.05) is 5.32 Å². The summed E-state index contributed by atoms with van der Waals surface area (Å²) in [6.07, 6.45) is 2.41. The minimum atomic E-state index is -0.616. The molecule has 0 bridgehead atoms. The number of nitro benzene ring substituents is 1. The maximum atomic E-state index is 11.9. The van der Waals surface area contributed by atoms with Crippen molar-refractivity contribution < 1.29 is 14.8 Å². The highest BCUT2D eigenvalue weighted by molar-refractivity contribution is 6.42. The first-order valence-electron chi connectivity index (χ1n) is 6.26. The van der Waals surface area contributed by atoms with E-state index in [1.54, 1.807) is 0 Å². The van der Waals surface area contributed by atoms with Crippen LogP contribution in [0.1, 0.15) is 10.4 Å². The van der Waals surface area contributed by atoms with Gasteiger partial charge in [-0.25, -0.2) is 0 Å². The number of halogens is 2. The zero-order chi connectivity index (χ0) is 17.0. The molecule has 0 unspecified atom stereocenters. The molecule has 0 saturated carbocycles. The van der Waals surface area contributed by atoms with Gasteiger partial charge in [0.2, 0.25) is 0 Å². The van der Waals surface area contributed by atoms with Crippen molar-refractivity contribution in [3.05, 3.63) is 74.4 Å². The van der Waals surface area contributed by atoms with Crippen LogP contribution >= 0.6 is 23.2 Å². The van der Waals surface area contributed by atoms with Crippen molar-refractivity contribution in [3.63, 3.8) is 0 Å². The fourth-order valence-electron chi connectivity index (χ4n) is 1.70. The first-order valence-corrected chi connectivity index (χ1v) is 7.02. The highest BCUT2D eigenvalue weighted by Crippen LogP contribution is 2.26. The van der Waals surface area contributed by atoms with Crippen molar-refractivity contribution in [3.8, 4) is 5.75 Å². The predicted octanol–water partition coefficient (Wildman–Crippen LogP) is 3.78. The summed E-state index contributed by atoms with van der Waals surface area (Å²) >= 11 is 11.6. The van der Waals surface area contributed by atoms with E-state index in [9.17, 15) is 20.0 Å². The fourth-order valence-corrected chi connectivity index (χ4v) is 2.00. The molecule has 118 valence electrons. The van der Waals surface area contributed by atoms with Gasteiger partial charge in [0.1, 0.15) is 0 Å². The maximum Gasteiger partial charge on any atom is 0.271 e. The van der Waals surface area contributed by atoms with E-state index in [1.165, 1.54) is 30.5 Å². The predicted molar refractivity (Wildman–Crippen MR) is 86.1 cm³/mol. The Bertz CT molecular complexity index is 806. The summed E-state index contributed by atoms with van der Waals surface area (Å²) in [5.74, 6) is -0.795. The average molecular weight is 352 g/mol. The van der Waals surface area contributed by atoms with E-state index < -0.39 is 10.7 Å². The smallest absolute Gasteiger partial charge is 0.271 e. The molecule has 0 heterocycles. The van der Waals surface area contributed by atoms with Crippen LogP contribution in [0.4, 0.5) is 11.4 Å². The molecule has 2 rings (SSSR count). The van der Waals surface area contributed by atoms with Crippen molar-refractivity contribution in [2.45, 2.75) is 0 Å². The second-order valence-corrected chi connectivity index (χ2v) is 5.22. The summed E-state index contributed by atoms with van der Waals surface area (Å²) in [5.41, 5.74) is 0.0903. The van der Waals surface area contributed by atoms with Gasteiger partial charge in [-0.3, -0.25) is 14.9 Å². The van der Waals surface area contributed by atoms with E-state index in [2.05, 4.69) is 5.32 Å². The highest BCUT2D eigenvalue weighted by atomic mass is 35.5. The van der Waals surface area contributed by atoms with Crippen molar-refractivity contribution >= 4 is 40.4 Å². The third-order valence-electron chi connectivity index (χ3n) is 2.85. The van der Waals surface area contributed by atoms with Gasteiger partial charge in [-0.15, -0.1) is 0 Å². The molecule has 0 aliphatic rings. The van der Waals surface area contributed by atoms with Crippen LogP contribution in [0.5, 0.6) is 5.75 Å². The quantitative estimate of drug-likeness (QED) is 0.382. The lowest BCUT2D eigenvalue weighted by molar-refractivity contribution is -0.385. The Hall–Kier alpha value is -2.57. The summed E-state index contributed by atoms with van der Waals surface area (Å²) in [4.78, 5) is 22.0. The van der Waals surface area contributed by atoms with Crippen LogP contribution in [0, 0.1) is 10.1 Å². The Balaban J connectivity index is 2.12. The van der Waals surface area contributed by atoms with Gasteiger partial charge in [-0.1, -0.05) is 35.0 Å². The monoisotopic (exact) mass is 351 g/mol. The Labute approximate surface area is 141 Å². The van der Waals surface area contributed by atoms with Gasteiger partial charge < -0.3 is 10.4 Å². The molecule has 0 atom stereocenters. The maximum absolute atomic E-state index is 11.9. The molecular weight excluding hydrogens is 343 g/mol. The van der Waals surface area contributed by atoms with E-state index in [0.717, 1.165) is 18.2 Å². The number of ketones is 1. The molecule has 8 heteroatoms. The molecule has 0 amide bonds. The zero-order valence-corrected chi connectivity index (χ0v) is 13.0. The van der Waals surface area contributed by atoms with Gasteiger partial charge in [0.15, 0.2) is 5.78 Å². The van der Waals surface area contributed by atoms with Crippen molar-refractivity contribution in [1.29, 1.82) is 0 Å². The van der Waals surface area contributed by atoms with Crippen LogP contribution in [0.3, 0.4) is 0 Å². The molecule has 1 N–H and O–H groups in total. The lowest BCUT2D eigenvalue weighted by Gasteiger charge is -2.12. The minimum Gasteiger partial charge on any atom is -0.871 e. The molecule has 0 aliphatic carbocycles. The first-order chi connectivity index (χ1) is 10.9. The molecular formula is C15H9Cl2N2O4-. The highest BCUT2D eigenvalue weighted by Gasteiger charge is 2.07. The standard InChI is InChI=1S/C15H10Cl2N2O4/c16-11-3-1-9(7-12(11)17)14(20)5-6-18-13-8-10(19(22)23)2-4-15(13)21/h1-8,18,21H/p-1/b6-5-. The molecule has 0 aliphatic heterocycles. The number of hydrogen-bond acceptors (Lipinski definition) is 5. The largest absolute Gasteiger partial charge is 0.871 e. The molecule has 0 fully saturated rings. The molecule has 2 aromatic carbocycles. The Morgan fingerprint density at radius 3 is 2.52 bits per heavy atom. The lowest BCUT2D eigenvalue weighted by Crippen LogP contribution is -2.00. The van der Waals surface area contributed by atoms with E-state index in [1.807, 2.05) is 0 Å². The van der Waals surface area contributed by atoms with Gasteiger partial charge in [-0.05, 0) is 18.2 Å². The van der Waals surface area contributed by atoms with Crippen LogP contribution in [-0.4, -0.2) is 10.7 Å². The number of carbonyl (C=O) groups is 1. The van der Waals surface area contributed by atoms with Gasteiger partial charge in [-0.2, -0.15) is 0 Å². The Morgan fingerprint density at radius 2 is 1.87 bits per heavy atom. The summed E-state index contributed by atoms with van der Waals surface area (Å²) in [5, 5.41) is 25.4. The van der Waals surface area contributed by atoms with Gasteiger partial charge in [0.05, 0.1) is 15.0 Å². The van der Waals surface area contributed by atoms with Crippen molar-refractivity contribution in [1.82, 2.24) is 0 Å². The third kappa shape index (κ3) is 4.21. The van der Waals surface area contributed by atoms with Gasteiger partial charge >= 0.3 is 0 Å². The minimum absolute atomic E-state index is 0.00242. The SMILES string of the molecule is O=C(/C=C\Nc1cc([N+](=O)[O-])ccc1[O-])c1ccc(Cl)c(Cl)c1. The normalized spacial score (nSPS) is 10.7. The number of carbonyl (C=O) groups excluding carboxylic acids is 1. The summed E-state index contributed by atoms with van der Waals surface area (Å²) < 4.78 is 0. The van der Waals surface area contributed by atoms with E-state index in [0.29, 0.717) is 10.6 Å². The van der Waals surface area contributed by atoms with Crippen molar-refractivity contribution in [2.24, 2.45) is 0 Å². The molecule has 0 saturated heterocycles. The van der Waals surface area contributed by atoms with Crippen LogP contribution in [0.25, 0.3) is 0 Å². The molecule has 0 radical (unpaired) electrons. The number of nitrogens with one attached hydrogen (secondary N) is 1. The number of nitro groups is 1. The van der Waals surface area contributed by atoms with E-state index >= 15 is 0 Å². The number of hydrogen-bond donors (Lipinski definition) is 1.